The zero-order chi connectivity index (χ0) is 11.4. The average molecular weight is 226 g/mol. The van der Waals surface area contributed by atoms with E-state index in [4.69, 9.17) is 11.6 Å². The number of carbonyl (C=O) groups is 1. The van der Waals surface area contributed by atoms with Crippen molar-refractivity contribution in [2.75, 3.05) is 0 Å². The molecule has 0 saturated carbocycles. The van der Waals surface area contributed by atoms with Crippen LogP contribution in [-0.4, -0.2) is 5.37 Å². The fourth-order valence-electron chi connectivity index (χ4n) is 1.41. The molecule has 3 heteroatoms. The molecule has 15 heavy (non-hydrogen) atoms. The van der Waals surface area contributed by atoms with Crippen molar-refractivity contribution in [3.05, 3.63) is 34.9 Å². The lowest BCUT2D eigenvalue weighted by Crippen LogP contribution is -2.16. The summed E-state index contributed by atoms with van der Waals surface area (Å²) in [4.78, 5) is 10.6. The van der Waals surface area contributed by atoms with Crippen LogP contribution in [-0.2, 0) is 6.54 Å². The summed E-state index contributed by atoms with van der Waals surface area (Å²) in [7, 11) is 0. The molecule has 0 aliphatic carbocycles. The fraction of sp³-hybridized carbons (Fsp3) is 0.417. The third kappa shape index (κ3) is 3.56. The van der Waals surface area contributed by atoms with Crippen molar-refractivity contribution in [2.24, 2.45) is 0 Å². The van der Waals surface area contributed by atoms with Crippen molar-refractivity contribution in [1.82, 2.24) is 5.32 Å². The molecule has 2 nitrogen and oxygen atoms in total. The molecule has 0 aliphatic heterocycles. The van der Waals surface area contributed by atoms with Gasteiger partial charge in [-0.1, -0.05) is 32.0 Å². The lowest BCUT2D eigenvalue weighted by atomic mass is 9.98. The molecule has 0 atom stereocenters. The molecule has 1 aromatic rings. The molecular formula is C12H16ClNO. The van der Waals surface area contributed by atoms with Gasteiger partial charge in [-0.25, -0.2) is 0 Å². The van der Waals surface area contributed by atoms with Gasteiger partial charge in [-0.2, -0.15) is 0 Å². The van der Waals surface area contributed by atoms with Crippen molar-refractivity contribution >= 4 is 17.0 Å². The van der Waals surface area contributed by atoms with Crippen LogP contribution in [0.4, 0.5) is 4.79 Å². The molecular weight excluding hydrogens is 210 g/mol. The molecule has 0 unspecified atom stereocenters. The van der Waals surface area contributed by atoms with Gasteiger partial charge < -0.3 is 5.32 Å². The molecule has 1 aromatic carbocycles. The highest BCUT2D eigenvalue weighted by Gasteiger charge is 2.04. The Morgan fingerprint density at radius 3 is 2.67 bits per heavy atom. The Morgan fingerprint density at radius 2 is 2.13 bits per heavy atom. The van der Waals surface area contributed by atoms with Crippen LogP contribution in [0.1, 0.15) is 36.5 Å². The monoisotopic (exact) mass is 225 g/mol. The molecule has 0 heterocycles. The van der Waals surface area contributed by atoms with E-state index in [0.717, 1.165) is 5.56 Å². The molecule has 0 fully saturated rings. The number of halogens is 1. The largest absolute Gasteiger partial charge is 0.339 e. The van der Waals surface area contributed by atoms with Crippen LogP contribution >= 0.6 is 11.6 Å². The fourth-order valence-corrected chi connectivity index (χ4v) is 1.47. The Labute approximate surface area is 95.6 Å². The number of carbonyl (C=O) groups excluding carboxylic acids is 1. The van der Waals surface area contributed by atoms with Crippen LogP contribution in [0.25, 0.3) is 0 Å². The summed E-state index contributed by atoms with van der Waals surface area (Å²) >= 11 is 5.23. The summed E-state index contributed by atoms with van der Waals surface area (Å²) in [5.74, 6) is 0.496. The van der Waals surface area contributed by atoms with E-state index in [-0.39, 0.29) is 0 Å². The zero-order valence-corrected chi connectivity index (χ0v) is 10.1. The number of amides is 1. The van der Waals surface area contributed by atoms with Crippen molar-refractivity contribution in [1.29, 1.82) is 0 Å². The lowest BCUT2D eigenvalue weighted by molar-refractivity contribution is 0.259. The van der Waals surface area contributed by atoms with E-state index in [0.29, 0.717) is 12.5 Å². The van der Waals surface area contributed by atoms with Gasteiger partial charge >= 0.3 is 5.37 Å². The van der Waals surface area contributed by atoms with Crippen LogP contribution in [0.2, 0.25) is 0 Å². The van der Waals surface area contributed by atoms with Crippen LogP contribution in [0.15, 0.2) is 18.2 Å². The van der Waals surface area contributed by atoms with Gasteiger partial charge in [0.25, 0.3) is 0 Å². The summed E-state index contributed by atoms with van der Waals surface area (Å²) < 4.78 is 0. The Morgan fingerprint density at radius 1 is 1.47 bits per heavy atom. The van der Waals surface area contributed by atoms with Gasteiger partial charge in [0.2, 0.25) is 0 Å². The maximum Gasteiger partial charge on any atom is 0.314 e. The van der Waals surface area contributed by atoms with Gasteiger partial charge in [0.15, 0.2) is 0 Å². The molecule has 82 valence electrons. The Bertz CT molecular complexity index is 361. The predicted molar refractivity (Wildman–Crippen MR) is 63.4 cm³/mol. The minimum absolute atomic E-state index is 0.495. The second-order valence-electron chi connectivity index (χ2n) is 3.97. The van der Waals surface area contributed by atoms with E-state index >= 15 is 0 Å². The first-order chi connectivity index (χ1) is 7.00. The van der Waals surface area contributed by atoms with E-state index in [2.05, 4.69) is 37.4 Å². The first kappa shape index (κ1) is 12.1. The van der Waals surface area contributed by atoms with Gasteiger partial charge in [-0.3, -0.25) is 4.79 Å². The normalized spacial score (nSPS) is 10.5. The highest BCUT2D eigenvalue weighted by Crippen LogP contribution is 2.18. The first-order valence-electron chi connectivity index (χ1n) is 5.03. The minimum Gasteiger partial charge on any atom is -0.339 e. The summed E-state index contributed by atoms with van der Waals surface area (Å²) in [6.45, 7) is 6.82. The van der Waals surface area contributed by atoms with Gasteiger partial charge in [0.1, 0.15) is 0 Å². The minimum atomic E-state index is -0.510. The van der Waals surface area contributed by atoms with Gasteiger partial charge in [0, 0.05) is 6.54 Å². The number of rotatable bonds is 3. The molecule has 1 rings (SSSR count). The molecule has 1 amide bonds. The molecule has 0 saturated heterocycles. The second-order valence-corrected chi connectivity index (χ2v) is 4.31. The van der Waals surface area contributed by atoms with Crippen molar-refractivity contribution < 1.29 is 4.79 Å². The van der Waals surface area contributed by atoms with E-state index in [1.165, 1.54) is 11.1 Å². The topological polar surface area (TPSA) is 29.1 Å². The number of benzene rings is 1. The Kier molecular flexibility index (Phi) is 4.15. The molecule has 0 spiro atoms. The number of hydrogen-bond donors (Lipinski definition) is 1. The molecule has 0 aliphatic rings. The van der Waals surface area contributed by atoms with Crippen molar-refractivity contribution in [3.8, 4) is 0 Å². The number of hydrogen-bond acceptors (Lipinski definition) is 1. The lowest BCUT2D eigenvalue weighted by Gasteiger charge is -2.11. The number of nitrogens with one attached hydrogen (secondary N) is 1. The first-order valence-corrected chi connectivity index (χ1v) is 5.41. The van der Waals surface area contributed by atoms with E-state index in [9.17, 15) is 4.79 Å². The van der Waals surface area contributed by atoms with E-state index < -0.39 is 5.37 Å². The van der Waals surface area contributed by atoms with Crippen molar-refractivity contribution in [3.63, 3.8) is 0 Å². The Hall–Kier alpha value is -1.02. The maximum absolute atomic E-state index is 10.6. The van der Waals surface area contributed by atoms with E-state index in [1.54, 1.807) is 0 Å². The average Bonchev–Trinajstić information content (AvgIpc) is 2.16. The SMILES string of the molecule is Cc1ccc(C(C)C)cc1CNC(=O)Cl. The third-order valence-electron chi connectivity index (χ3n) is 2.46. The van der Waals surface area contributed by atoms with Gasteiger partial charge in [-0.15, -0.1) is 0 Å². The molecule has 0 bridgehead atoms. The van der Waals surface area contributed by atoms with Crippen LogP contribution < -0.4 is 5.32 Å². The smallest absolute Gasteiger partial charge is 0.314 e. The zero-order valence-electron chi connectivity index (χ0n) is 9.30. The highest BCUT2D eigenvalue weighted by atomic mass is 35.5. The summed E-state index contributed by atoms with van der Waals surface area (Å²) in [5, 5.41) is 2.09. The summed E-state index contributed by atoms with van der Waals surface area (Å²) in [6.07, 6.45) is 0. The number of aryl methyl sites for hydroxylation is 1. The van der Waals surface area contributed by atoms with Crippen LogP contribution in [0.3, 0.4) is 0 Å². The summed E-state index contributed by atoms with van der Waals surface area (Å²) in [6, 6.07) is 6.31. The molecule has 0 radical (unpaired) electrons. The third-order valence-corrected chi connectivity index (χ3v) is 2.59. The molecule has 1 N–H and O–H groups in total. The standard InChI is InChI=1S/C12H16ClNO/c1-8(2)10-5-4-9(3)11(6-10)7-14-12(13)15/h4-6,8H,7H2,1-3H3,(H,14,15). The predicted octanol–water partition coefficient (Wildman–Crippen LogP) is 3.57. The molecule has 0 aromatic heterocycles. The van der Waals surface area contributed by atoms with Crippen LogP contribution in [0, 0.1) is 6.92 Å². The maximum atomic E-state index is 10.6. The van der Waals surface area contributed by atoms with Gasteiger partial charge in [0.05, 0.1) is 0 Å². The van der Waals surface area contributed by atoms with Crippen LogP contribution in [0.5, 0.6) is 0 Å². The second kappa shape index (κ2) is 5.17. The van der Waals surface area contributed by atoms with E-state index in [1.807, 2.05) is 6.92 Å². The Balaban J connectivity index is 2.85. The van der Waals surface area contributed by atoms with Gasteiger partial charge in [-0.05, 0) is 41.1 Å². The summed E-state index contributed by atoms with van der Waals surface area (Å²) in [5.41, 5.74) is 3.57. The highest BCUT2D eigenvalue weighted by molar-refractivity contribution is 6.62. The quantitative estimate of drug-likeness (QED) is 0.619. The van der Waals surface area contributed by atoms with Crippen molar-refractivity contribution in [2.45, 2.75) is 33.2 Å².